The molecule has 0 bridgehead atoms. The second-order valence-corrected chi connectivity index (χ2v) is 34.9. The van der Waals surface area contributed by atoms with Crippen LogP contribution in [0.25, 0.3) is 23.5 Å². The first-order chi connectivity index (χ1) is 36.2. The summed E-state index contributed by atoms with van der Waals surface area (Å²) in [4.78, 5) is 28.9. The molecule has 18 heteroatoms. The zero-order chi connectivity index (χ0) is 55.5. The van der Waals surface area contributed by atoms with Gasteiger partial charge in [-0.3, -0.25) is 19.0 Å². The van der Waals surface area contributed by atoms with Gasteiger partial charge in [0.2, 0.25) is 11.8 Å². The summed E-state index contributed by atoms with van der Waals surface area (Å²) in [6, 6.07) is 12.9. The van der Waals surface area contributed by atoms with Crippen LogP contribution in [-0.4, -0.2) is 87.8 Å². The highest BCUT2D eigenvalue weighted by Crippen LogP contribution is 2.54. The summed E-state index contributed by atoms with van der Waals surface area (Å²) in [5.41, 5.74) is 9.63. The molecule has 10 rings (SSSR count). The van der Waals surface area contributed by atoms with Crippen molar-refractivity contribution in [3.8, 4) is 11.4 Å². The first-order valence-electron chi connectivity index (χ1n) is 27.1. The quantitative estimate of drug-likeness (QED) is 0.120. The molecular formula is C59H78F2N10O4Si2. The van der Waals surface area contributed by atoms with Gasteiger partial charge in [-0.1, -0.05) is 52.7 Å². The number of fused-ring (bicyclic) bond motifs is 4. The van der Waals surface area contributed by atoms with Crippen LogP contribution in [0.5, 0.6) is 0 Å². The summed E-state index contributed by atoms with van der Waals surface area (Å²) in [5, 5.41) is 21.0. The maximum Gasteiger partial charge on any atom is 0.229 e. The fourth-order valence-corrected chi connectivity index (χ4v) is 13.2. The largest absolute Gasteiger partial charge is 0.416 e. The van der Waals surface area contributed by atoms with E-state index in [1.165, 1.54) is 35.4 Å². The normalized spacial score (nSPS) is 21.3. The number of aromatic nitrogens is 8. The number of rotatable bonds is 12. The van der Waals surface area contributed by atoms with Gasteiger partial charge in [0.05, 0.1) is 58.9 Å². The molecule has 14 nitrogen and oxygen atoms in total. The monoisotopic (exact) mass is 1080 g/mol. The lowest BCUT2D eigenvalue weighted by Gasteiger charge is -2.47. The van der Waals surface area contributed by atoms with E-state index in [9.17, 15) is 18.4 Å². The van der Waals surface area contributed by atoms with Gasteiger partial charge >= 0.3 is 0 Å². The van der Waals surface area contributed by atoms with E-state index in [-0.39, 0.29) is 56.2 Å². The minimum Gasteiger partial charge on any atom is -0.416 e. The van der Waals surface area contributed by atoms with E-state index in [0.29, 0.717) is 13.2 Å². The number of halogens is 2. The molecule has 4 aromatic heterocycles. The van der Waals surface area contributed by atoms with Gasteiger partial charge in [0.25, 0.3) is 0 Å². The molecule has 0 spiro atoms. The van der Waals surface area contributed by atoms with Crippen LogP contribution in [0.15, 0.2) is 96.9 Å². The average molecular weight is 1090 g/mol. The van der Waals surface area contributed by atoms with Crippen LogP contribution in [0, 0.1) is 34.3 Å². The topological polar surface area (TPSA) is 139 Å². The fraction of sp³-hybridized carbons (Fsp3) is 0.492. The SMILES string of the molecule is CN(C(=O)[C@H]1CCC2=Cc3c(cnn3-c3ccc(F)cc3)C[C@]2(CO[Si](C)(C)C(C)(C)C)C1)c1cnn(C)c1.Cn1cc(NC(=O)[C@H]2CCC3=Cc4c(cnn4-c4ccc(F)cc4)C[C@]3(CO[Si](C)(C)C(C)(C)C)C2)cn1. The first kappa shape index (κ1) is 55.7. The van der Waals surface area contributed by atoms with Crippen LogP contribution in [0.3, 0.4) is 0 Å². The Kier molecular flexibility index (Phi) is 15.1. The van der Waals surface area contributed by atoms with E-state index in [4.69, 9.17) is 14.0 Å². The summed E-state index contributed by atoms with van der Waals surface area (Å²) < 4.78 is 48.1. The second-order valence-electron chi connectivity index (χ2n) is 25.3. The van der Waals surface area contributed by atoms with Crippen molar-refractivity contribution < 1.29 is 27.2 Å². The van der Waals surface area contributed by atoms with E-state index in [0.717, 1.165) is 96.6 Å². The molecule has 4 atom stereocenters. The van der Waals surface area contributed by atoms with Gasteiger partial charge in [-0.15, -0.1) is 0 Å². The van der Waals surface area contributed by atoms with Gasteiger partial charge in [0.1, 0.15) is 11.6 Å². The highest BCUT2D eigenvalue weighted by molar-refractivity contribution is 6.74. The van der Waals surface area contributed by atoms with Crippen LogP contribution in [0.4, 0.5) is 20.2 Å². The molecule has 0 unspecified atom stereocenters. The zero-order valence-electron chi connectivity index (χ0n) is 47.4. The van der Waals surface area contributed by atoms with Crippen molar-refractivity contribution >= 4 is 52.0 Å². The molecule has 2 aromatic carbocycles. The highest BCUT2D eigenvalue weighted by atomic mass is 28.4. The number of hydrogen-bond acceptors (Lipinski definition) is 8. The Morgan fingerprint density at radius 1 is 0.662 bits per heavy atom. The minimum atomic E-state index is -2.03. The molecule has 1 N–H and O–H groups in total. The average Bonchev–Trinajstić information content (AvgIpc) is 4.26. The molecule has 0 aliphatic heterocycles. The number of nitrogens with zero attached hydrogens (tertiary/aromatic N) is 9. The van der Waals surface area contributed by atoms with E-state index >= 15 is 0 Å². The van der Waals surface area contributed by atoms with Crippen molar-refractivity contribution in [2.24, 2.45) is 36.8 Å². The van der Waals surface area contributed by atoms with Crippen LogP contribution in [0.1, 0.15) is 103 Å². The van der Waals surface area contributed by atoms with E-state index in [1.54, 1.807) is 50.9 Å². The van der Waals surface area contributed by atoms with Crippen molar-refractivity contribution in [3.63, 3.8) is 0 Å². The minimum absolute atomic E-state index is 0.0385. The number of anilines is 2. The number of amides is 2. The molecule has 410 valence electrons. The number of carbonyl (C=O) groups is 2. The molecule has 4 aliphatic rings. The summed E-state index contributed by atoms with van der Waals surface area (Å²) in [5.74, 6) is -0.594. The third kappa shape index (κ3) is 11.4. The van der Waals surface area contributed by atoms with Crippen molar-refractivity contribution in [1.82, 2.24) is 39.1 Å². The maximum atomic E-state index is 13.7. The Morgan fingerprint density at radius 3 is 1.53 bits per heavy atom. The van der Waals surface area contributed by atoms with Gasteiger partial charge in [0.15, 0.2) is 16.6 Å². The summed E-state index contributed by atoms with van der Waals surface area (Å²) in [6.07, 6.45) is 21.7. The van der Waals surface area contributed by atoms with Crippen molar-refractivity contribution in [1.29, 1.82) is 0 Å². The maximum absolute atomic E-state index is 13.7. The summed E-state index contributed by atoms with van der Waals surface area (Å²) >= 11 is 0. The Hall–Kier alpha value is -6.09. The van der Waals surface area contributed by atoms with Gasteiger partial charge in [-0.25, -0.2) is 18.1 Å². The first-order valence-corrected chi connectivity index (χ1v) is 32.9. The molecule has 6 aromatic rings. The van der Waals surface area contributed by atoms with Crippen LogP contribution >= 0.6 is 0 Å². The third-order valence-electron chi connectivity index (χ3n) is 17.9. The smallest absolute Gasteiger partial charge is 0.229 e. The molecule has 4 heterocycles. The fourth-order valence-electron chi connectivity index (χ4n) is 11.0. The van der Waals surface area contributed by atoms with Gasteiger partial charge in [-0.2, -0.15) is 20.4 Å². The molecular weight excluding hydrogens is 1010 g/mol. The van der Waals surface area contributed by atoms with E-state index in [2.05, 4.69) is 100 Å². The van der Waals surface area contributed by atoms with Crippen LogP contribution in [0.2, 0.25) is 36.3 Å². The van der Waals surface area contributed by atoms with Gasteiger partial charge in [0, 0.05) is 69.4 Å². The summed E-state index contributed by atoms with van der Waals surface area (Å²) in [7, 11) is 1.50. The number of benzene rings is 2. The lowest BCUT2D eigenvalue weighted by Crippen LogP contribution is -2.48. The number of carbonyl (C=O) groups excluding carboxylic acids is 2. The van der Waals surface area contributed by atoms with Gasteiger partial charge < -0.3 is 19.1 Å². The Bertz CT molecular complexity index is 3190. The lowest BCUT2D eigenvalue weighted by molar-refractivity contribution is -0.124. The highest BCUT2D eigenvalue weighted by Gasteiger charge is 2.50. The summed E-state index contributed by atoms with van der Waals surface area (Å²) in [6.45, 7) is 23.9. The van der Waals surface area contributed by atoms with E-state index < -0.39 is 16.6 Å². The lowest BCUT2D eigenvalue weighted by atomic mass is 9.61. The van der Waals surface area contributed by atoms with Crippen molar-refractivity contribution in [3.05, 3.63) is 131 Å². The molecule has 2 saturated carbocycles. The number of aryl methyl sites for hydroxylation is 2. The van der Waals surface area contributed by atoms with Gasteiger partial charge in [-0.05, 0) is 159 Å². The number of hydrogen-bond donors (Lipinski definition) is 1. The molecule has 2 fully saturated rings. The Labute approximate surface area is 455 Å². The molecule has 77 heavy (non-hydrogen) atoms. The Balaban J connectivity index is 0.000000188. The number of nitrogens with one attached hydrogen (secondary N) is 1. The predicted molar refractivity (Wildman–Crippen MR) is 305 cm³/mol. The zero-order valence-corrected chi connectivity index (χ0v) is 49.4. The van der Waals surface area contributed by atoms with E-state index in [1.807, 2.05) is 55.3 Å². The second kappa shape index (κ2) is 20.9. The third-order valence-corrected chi connectivity index (χ3v) is 26.8. The van der Waals surface area contributed by atoms with Crippen molar-refractivity contribution in [2.75, 3.05) is 30.5 Å². The Morgan fingerprint density at radius 2 is 1.10 bits per heavy atom. The molecule has 0 saturated heterocycles. The van der Waals surface area contributed by atoms with Crippen LogP contribution in [-0.2, 0) is 45.4 Å². The standard InChI is InChI=1S/C30H40FN5O2Si.C29H38FN5O2Si/c1-29(2,3)39(6,7)38-20-30-15-21(28(37)35(5)26-18-32-34(4)19-26)8-9-23(30)14-27-22(16-30)17-33-36(27)25-12-10-24(31)11-13-25;1-28(2,3)38(5,6)37-19-29-14-20(27(36)33-24-17-31-34(4)18-24)7-8-22(29)13-26-21(15-29)16-32-35(26)25-11-9-23(30)10-12-25/h10-14,17-19,21H,8-9,15-16,20H2,1-7H3;9-13,16-18,20H,7-8,14-15,19H2,1-6H3,(H,33,36)/t21-,30-;20-,29-/m00/s1. The predicted octanol–water partition coefficient (Wildman–Crippen LogP) is 12.3. The molecule has 0 radical (unpaired) electrons. The molecule has 4 aliphatic carbocycles. The molecule has 2 amide bonds. The van der Waals surface area contributed by atoms with Crippen LogP contribution < -0.4 is 10.2 Å². The van der Waals surface area contributed by atoms with Crippen molar-refractivity contribution in [2.45, 2.75) is 129 Å².